The summed E-state index contributed by atoms with van der Waals surface area (Å²) in [5.41, 5.74) is 0. The Bertz CT molecular complexity index is 1880. The number of aliphatic hydroxyl groups is 2. The van der Waals surface area contributed by atoms with Gasteiger partial charge in [-0.3, -0.25) is 14.4 Å². The normalized spacial score (nSPS) is 18.8. The summed E-state index contributed by atoms with van der Waals surface area (Å²) >= 11 is 0. The van der Waals surface area contributed by atoms with E-state index < -0.39 is 67.3 Å². The molecule has 12 nitrogen and oxygen atoms in total. The van der Waals surface area contributed by atoms with Crippen LogP contribution in [0.2, 0.25) is 0 Å². The largest absolute Gasteiger partial charge is 0.479 e. The van der Waals surface area contributed by atoms with E-state index in [4.69, 9.17) is 23.7 Å². The van der Waals surface area contributed by atoms with Gasteiger partial charge in [0.05, 0.1) is 13.0 Å². The van der Waals surface area contributed by atoms with Gasteiger partial charge in [-0.15, -0.1) is 0 Å². The van der Waals surface area contributed by atoms with Crippen LogP contribution < -0.4 is 0 Å². The number of carbonyl (C=O) groups excluding carboxylic acids is 3. The van der Waals surface area contributed by atoms with Crippen LogP contribution in [0.3, 0.4) is 0 Å². The molecule has 12 heteroatoms. The quantitative estimate of drug-likeness (QED) is 0.0228. The molecule has 0 spiro atoms. The van der Waals surface area contributed by atoms with Crippen molar-refractivity contribution in [2.45, 2.75) is 250 Å². The fourth-order valence-corrected chi connectivity index (χ4v) is 8.17. The Morgan fingerprint density at radius 2 is 0.835 bits per heavy atom. The summed E-state index contributed by atoms with van der Waals surface area (Å²) in [7, 11) is 0. The van der Waals surface area contributed by atoms with E-state index >= 15 is 0 Å². The van der Waals surface area contributed by atoms with Gasteiger partial charge in [0.1, 0.15) is 18.8 Å². The molecule has 0 aromatic carbocycles. The number of carboxylic acids is 1. The third-order valence-electron chi connectivity index (χ3n) is 12.7. The second kappa shape index (κ2) is 53.5. The van der Waals surface area contributed by atoms with Gasteiger partial charge >= 0.3 is 23.9 Å². The Hall–Kier alpha value is -5.14. The number of aliphatic carboxylic acids is 1. The lowest BCUT2D eigenvalue weighted by Crippen LogP contribution is -2.61. The molecule has 0 saturated carbocycles. The number of hydrogen-bond donors (Lipinski definition) is 3. The summed E-state index contributed by atoms with van der Waals surface area (Å²) in [6.07, 6.45) is 63.0. The molecule has 6 unspecified atom stereocenters. The van der Waals surface area contributed by atoms with Crippen molar-refractivity contribution in [1.29, 1.82) is 0 Å². The summed E-state index contributed by atoms with van der Waals surface area (Å²) in [5.74, 6) is -3.36. The van der Waals surface area contributed by atoms with Gasteiger partial charge in [0, 0.05) is 12.8 Å². The molecule has 0 aromatic rings. The minimum absolute atomic E-state index is 0.00446. The molecule has 0 aromatic heterocycles. The maximum absolute atomic E-state index is 13.1. The van der Waals surface area contributed by atoms with E-state index in [1.54, 1.807) is 6.08 Å². The van der Waals surface area contributed by atoms with Gasteiger partial charge in [-0.05, 0) is 116 Å². The molecule has 0 amide bonds. The lowest BCUT2D eigenvalue weighted by atomic mass is 9.98. The number of carbonyl (C=O) groups is 4. The summed E-state index contributed by atoms with van der Waals surface area (Å²) in [4.78, 5) is 51.1. The van der Waals surface area contributed by atoms with Gasteiger partial charge < -0.3 is 39.0 Å². The topological polar surface area (TPSA) is 175 Å². The lowest BCUT2D eigenvalue weighted by molar-refractivity contribution is -0.301. The van der Waals surface area contributed by atoms with Gasteiger partial charge in [0.25, 0.3) is 0 Å². The molecule has 1 saturated heterocycles. The van der Waals surface area contributed by atoms with E-state index in [1.807, 2.05) is 12.2 Å². The zero-order chi connectivity index (χ0) is 57.5. The maximum atomic E-state index is 13.1. The van der Waals surface area contributed by atoms with E-state index in [1.165, 1.54) is 38.5 Å². The van der Waals surface area contributed by atoms with Crippen LogP contribution in [-0.2, 0) is 42.9 Å². The van der Waals surface area contributed by atoms with E-state index in [9.17, 15) is 34.5 Å². The summed E-state index contributed by atoms with van der Waals surface area (Å²) < 4.78 is 28.3. The van der Waals surface area contributed by atoms with Crippen molar-refractivity contribution >= 4 is 23.9 Å². The maximum Gasteiger partial charge on any atom is 0.335 e. The number of unbranched alkanes of at least 4 members (excludes halogenated alkanes) is 14. The molecular weight excluding hydrogens is 997 g/mol. The fraction of sp³-hybridized carbons (Fsp3) is 0.612. The van der Waals surface area contributed by atoms with Gasteiger partial charge in [0.15, 0.2) is 24.6 Å². The van der Waals surface area contributed by atoms with Gasteiger partial charge in [-0.2, -0.15) is 0 Å². The van der Waals surface area contributed by atoms with Crippen LogP contribution in [0, 0.1) is 0 Å². The van der Waals surface area contributed by atoms with Crippen LogP contribution in [-0.4, -0.2) is 89.2 Å². The molecule has 79 heavy (non-hydrogen) atoms. The van der Waals surface area contributed by atoms with Crippen molar-refractivity contribution in [2.24, 2.45) is 0 Å². The molecule has 444 valence electrons. The first-order chi connectivity index (χ1) is 38.6. The minimum atomic E-state index is -1.93. The van der Waals surface area contributed by atoms with E-state index in [0.717, 1.165) is 116 Å². The highest BCUT2D eigenvalue weighted by molar-refractivity contribution is 5.74. The smallest absolute Gasteiger partial charge is 0.335 e. The summed E-state index contributed by atoms with van der Waals surface area (Å²) in [5, 5.41) is 31.5. The third-order valence-corrected chi connectivity index (χ3v) is 12.7. The molecule has 1 aliphatic rings. The van der Waals surface area contributed by atoms with E-state index in [0.29, 0.717) is 19.3 Å². The highest BCUT2D eigenvalue weighted by atomic mass is 16.7. The van der Waals surface area contributed by atoms with Crippen LogP contribution in [0.5, 0.6) is 0 Å². The molecule has 1 heterocycles. The van der Waals surface area contributed by atoms with Crippen molar-refractivity contribution in [3.8, 4) is 0 Å². The van der Waals surface area contributed by atoms with Gasteiger partial charge in [0.2, 0.25) is 0 Å². The standard InChI is InChI=1S/C67H104O12/c1-4-7-10-13-16-19-22-25-28-29-30-31-34-37-40-43-46-49-52-55-61(70)78-65-63(72)62(71)64(66(73)74)79-67(65)76-57-58(77-60(69)54-51-48-45-42-39-36-33-27-24-21-18-15-12-9-6-3)56-75-59(68)53-50-47-44-41-38-35-32-26-23-20-17-14-11-8-5-2/h7-8,10-11,16-17,19-20,25-28,30-33,37-38,40-41,47,50,58,62-65,67,71-72H,4-6,9,12-15,18,21-24,29,34-36,39,42-46,48-49,51-57H2,1-3H3,(H,73,74)/b10-7-,11-8-,19-16-,20-17-,28-25-,31-30-,32-26-,33-27-,40-37-,41-38-,50-47+. The number of rotatable bonds is 49. The second-order valence-corrected chi connectivity index (χ2v) is 19.9. The third kappa shape index (κ3) is 43.4. The molecule has 0 radical (unpaired) electrons. The number of aliphatic hydroxyl groups excluding tert-OH is 2. The van der Waals surface area contributed by atoms with Gasteiger partial charge in [-0.1, -0.05) is 212 Å². The van der Waals surface area contributed by atoms with E-state index in [-0.39, 0.29) is 25.9 Å². The van der Waals surface area contributed by atoms with Crippen LogP contribution in [0.1, 0.15) is 213 Å². The predicted octanol–water partition coefficient (Wildman–Crippen LogP) is 15.8. The molecule has 1 aliphatic heterocycles. The SMILES string of the molecule is CC/C=C\C/C=C\C/C=C\C/C=C\C/C=C\CCCCCC(=O)OC1C(OCC(COC(=O)C/C=C/C/C=C\C/C=C\C/C=C\C/C=C\CC)OC(=O)CCCCCCC/C=C\CCCCCCCC)OC(C(=O)O)C(O)C1O. The zero-order valence-corrected chi connectivity index (χ0v) is 48.8. The molecule has 6 atom stereocenters. The first kappa shape index (κ1) is 71.9. The van der Waals surface area contributed by atoms with Crippen molar-refractivity contribution in [3.63, 3.8) is 0 Å². The number of carboxylic acid groups (broad SMARTS) is 1. The monoisotopic (exact) mass is 1100 g/mol. The lowest BCUT2D eigenvalue weighted by Gasteiger charge is -2.40. The van der Waals surface area contributed by atoms with E-state index in [2.05, 4.69) is 136 Å². The highest BCUT2D eigenvalue weighted by Crippen LogP contribution is 2.26. The zero-order valence-electron chi connectivity index (χ0n) is 48.8. The van der Waals surface area contributed by atoms with Crippen molar-refractivity contribution in [2.75, 3.05) is 13.2 Å². The molecule has 1 rings (SSSR count). The van der Waals surface area contributed by atoms with Crippen LogP contribution in [0.25, 0.3) is 0 Å². The number of allylic oxidation sites excluding steroid dienone is 21. The average Bonchev–Trinajstić information content (AvgIpc) is 3.44. The molecule has 0 bridgehead atoms. The molecule has 0 aliphatic carbocycles. The fourth-order valence-electron chi connectivity index (χ4n) is 8.17. The Morgan fingerprint density at radius 3 is 1.30 bits per heavy atom. The summed E-state index contributed by atoms with van der Waals surface area (Å²) in [6.45, 7) is 5.64. The number of esters is 3. The summed E-state index contributed by atoms with van der Waals surface area (Å²) in [6, 6.07) is 0. The molecular formula is C67H104O12. The Kier molecular flexibility index (Phi) is 48.7. The van der Waals surface area contributed by atoms with Crippen molar-refractivity contribution < 1.29 is 58.2 Å². The number of hydrogen-bond acceptors (Lipinski definition) is 11. The first-order valence-corrected chi connectivity index (χ1v) is 30.2. The van der Waals surface area contributed by atoms with Crippen molar-refractivity contribution in [3.05, 3.63) is 134 Å². The second-order valence-electron chi connectivity index (χ2n) is 19.9. The van der Waals surface area contributed by atoms with Crippen LogP contribution >= 0.6 is 0 Å². The Balaban J connectivity index is 2.77. The molecule has 1 fully saturated rings. The predicted molar refractivity (Wildman–Crippen MR) is 321 cm³/mol. The first-order valence-electron chi connectivity index (χ1n) is 30.2. The average molecular weight is 1100 g/mol. The molecule has 3 N–H and O–H groups in total. The van der Waals surface area contributed by atoms with Gasteiger partial charge in [-0.25, -0.2) is 4.79 Å². The Labute approximate surface area is 477 Å². The minimum Gasteiger partial charge on any atom is -0.479 e. The number of ether oxygens (including phenoxy) is 5. The Morgan fingerprint density at radius 1 is 0.443 bits per heavy atom. The van der Waals surface area contributed by atoms with Crippen LogP contribution in [0.4, 0.5) is 0 Å². The van der Waals surface area contributed by atoms with Crippen molar-refractivity contribution in [1.82, 2.24) is 0 Å². The highest BCUT2D eigenvalue weighted by Gasteiger charge is 2.50. The van der Waals surface area contributed by atoms with Crippen LogP contribution in [0.15, 0.2) is 134 Å².